The summed E-state index contributed by atoms with van der Waals surface area (Å²) in [5.74, 6) is 0.382. The smallest absolute Gasteiger partial charge is 0.327 e. The molecule has 0 aliphatic heterocycles. The van der Waals surface area contributed by atoms with E-state index in [1.165, 1.54) is 0 Å². The third-order valence-electron chi connectivity index (χ3n) is 3.05. The number of aromatic amines is 1. The van der Waals surface area contributed by atoms with Gasteiger partial charge in [0.2, 0.25) is 0 Å². The van der Waals surface area contributed by atoms with Crippen molar-refractivity contribution in [2.45, 2.75) is 20.8 Å². The summed E-state index contributed by atoms with van der Waals surface area (Å²) in [6.07, 6.45) is 1.69. The number of likely N-dealkylation sites (N-methyl/N-ethyl adjacent to an activating group) is 1. The summed E-state index contributed by atoms with van der Waals surface area (Å²) in [6, 6.07) is 0. The third kappa shape index (κ3) is 4.00. The van der Waals surface area contributed by atoms with Crippen LogP contribution in [0, 0.1) is 21.5 Å². The van der Waals surface area contributed by atoms with Gasteiger partial charge >= 0.3 is 5.69 Å². The normalized spacial score (nSPS) is 10.7. The molecule has 0 saturated heterocycles. The fourth-order valence-corrected chi connectivity index (χ4v) is 2.04. The second-order valence-corrected chi connectivity index (χ2v) is 4.64. The first-order valence-corrected chi connectivity index (χ1v) is 6.74. The molecule has 6 nitrogen and oxygen atoms in total. The van der Waals surface area contributed by atoms with E-state index < -0.39 is 4.92 Å². The highest BCUT2D eigenvalue weighted by Gasteiger charge is 2.17. The minimum Gasteiger partial charge on any atom is -0.365 e. The van der Waals surface area contributed by atoms with Crippen LogP contribution in [0.3, 0.4) is 0 Å². The van der Waals surface area contributed by atoms with E-state index in [2.05, 4.69) is 29.0 Å². The van der Waals surface area contributed by atoms with Gasteiger partial charge in [-0.15, -0.1) is 0 Å². The molecule has 0 atom stereocenters. The van der Waals surface area contributed by atoms with Crippen LogP contribution in [0.4, 0.5) is 11.5 Å². The highest BCUT2D eigenvalue weighted by Crippen LogP contribution is 2.24. The highest BCUT2D eigenvalue weighted by molar-refractivity contribution is 7.71. The lowest BCUT2D eigenvalue weighted by molar-refractivity contribution is -0.384. The van der Waals surface area contributed by atoms with Crippen molar-refractivity contribution in [3.8, 4) is 0 Å². The first kappa shape index (κ1) is 15.6. The van der Waals surface area contributed by atoms with E-state index in [0.29, 0.717) is 17.9 Å². The lowest BCUT2D eigenvalue weighted by Crippen LogP contribution is -2.28. The summed E-state index contributed by atoms with van der Waals surface area (Å²) < 4.78 is 0.286. The maximum atomic E-state index is 11.1. The standard InChI is InChI=1S/C12H20N4O2S/c1-4-15(5-2)7-6-13-12-10(16(17)18)11(19)9(3)8-14-12/h8H,4-7H2,1-3H3,(H2,13,14,19). The van der Waals surface area contributed by atoms with Gasteiger partial charge in [-0.1, -0.05) is 26.1 Å². The quantitative estimate of drug-likeness (QED) is 0.457. The molecule has 0 aliphatic carbocycles. The molecule has 0 amide bonds. The number of hydrogen-bond donors (Lipinski definition) is 2. The van der Waals surface area contributed by atoms with Gasteiger partial charge in [-0.05, 0) is 25.6 Å². The number of nitro groups is 1. The van der Waals surface area contributed by atoms with Gasteiger partial charge < -0.3 is 15.2 Å². The van der Waals surface area contributed by atoms with E-state index in [-0.39, 0.29) is 10.2 Å². The van der Waals surface area contributed by atoms with Crippen LogP contribution in [0.15, 0.2) is 6.20 Å². The molecule has 0 spiro atoms. The summed E-state index contributed by atoms with van der Waals surface area (Å²) in [5, 5.41) is 14.1. The van der Waals surface area contributed by atoms with Gasteiger partial charge in [-0.3, -0.25) is 10.1 Å². The number of pyridine rings is 1. The predicted octanol–water partition coefficient (Wildman–Crippen LogP) is 2.71. The second-order valence-electron chi connectivity index (χ2n) is 4.24. The first-order chi connectivity index (χ1) is 9.01. The van der Waals surface area contributed by atoms with Crippen molar-refractivity contribution in [1.29, 1.82) is 0 Å². The maximum absolute atomic E-state index is 11.1. The zero-order valence-corrected chi connectivity index (χ0v) is 12.3. The van der Waals surface area contributed by atoms with Crippen molar-refractivity contribution in [2.75, 3.05) is 31.5 Å². The van der Waals surface area contributed by atoms with Gasteiger partial charge in [0.1, 0.15) is 4.51 Å². The van der Waals surface area contributed by atoms with Gasteiger partial charge in [0.25, 0.3) is 0 Å². The van der Waals surface area contributed by atoms with Gasteiger partial charge in [0, 0.05) is 19.3 Å². The lowest BCUT2D eigenvalue weighted by atomic mass is 10.3. The molecule has 0 aliphatic rings. The largest absolute Gasteiger partial charge is 0.365 e. The Morgan fingerprint density at radius 2 is 2.11 bits per heavy atom. The maximum Gasteiger partial charge on any atom is 0.327 e. The third-order valence-corrected chi connectivity index (χ3v) is 3.57. The molecule has 0 aromatic carbocycles. The van der Waals surface area contributed by atoms with Crippen LogP contribution in [-0.4, -0.2) is 41.0 Å². The monoisotopic (exact) mass is 284 g/mol. The summed E-state index contributed by atoms with van der Waals surface area (Å²) in [4.78, 5) is 15.8. The van der Waals surface area contributed by atoms with Crippen LogP contribution in [0.25, 0.3) is 0 Å². The minimum absolute atomic E-state index is 0.0467. The molecule has 1 rings (SSSR count). The fraction of sp³-hybridized carbons (Fsp3) is 0.583. The molecule has 0 unspecified atom stereocenters. The lowest BCUT2D eigenvalue weighted by Gasteiger charge is -2.18. The predicted molar refractivity (Wildman–Crippen MR) is 79.3 cm³/mol. The van der Waals surface area contributed by atoms with E-state index >= 15 is 0 Å². The van der Waals surface area contributed by atoms with Crippen molar-refractivity contribution < 1.29 is 4.92 Å². The molecule has 1 aromatic rings. The van der Waals surface area contributed by atoms with Crippen LogP contribution in [0.1, 0.15) is 19.4 Å². The SMILES string of the molecule is CCN(CC)CCNc1[nH]cc(C)c(=S)c1[N+](=O)[O-]. The number of hydrogen-bond acceptors (Lipinski definition) is 5. The highest BCUT2D eigenvalue weighted by atomic mass is 32.1. The van der Waals surface area contributed by atoms with Crippen LogP contribution in [0.5, 0.6) is 0 Å². The Kier molecular flexibility index (Phi) is 5.91. The van der Waals surface area contributed by atoms with Crippen LogP contribution < -0.4 is 5.32 Å². The molecule has 19 heavy (non-hydrogen) atoms. The van der Waals surface area contributed by atoms with Crippen molar-refractivity contribution in [3.63, 3.8) is 0 Å². The average molecular weight is 284 g/mol. The number of nitrogens with one attached hydrogen (secondary N) is 2. The zero-order chi connectivity index (χ0) is 14.4. The molecule has 7 heteroatoms. The minimum atomic E-state index is -0.439. The Morgan fingerprint density at radius 3 is 2.63 bits per heavy atom. The van der Waals surface area contributed by atoms with E-state index in [9.17, 15) is 10.1 Å². The molecule has 0 bridgehead atoms. The van der Waals surface area contributed by atoms with Gasteiger partial charge in [0.05, 0.1) is 4.92 Å². The zero-order valence-electron chi connectivity index (χ0n) is 11.5. The second kappa shape index (κ2) is 7.20. The molecule has 1 aromatic heterocycles. The van der Waals surface area contributed by atoms with Crippen LogP contribution >= 0.6 is 12.2 Å². The number of aryl methyl sites for hydroxylation is 1. The summed E-state index contributed by atoms with van der Waals surface area (Å²) in [7, 11) is 0. The number of anilines is 1. The molecular weight excluding hydrogens is 264 g/mol. The van der Waals surface area contributed by atoms with E-state index in [1.807, 2.05) is 0 Å². The molecule has 2 N–H and O–H groups in total. The Balaban J connectivity index is 2.82. The van der Waals surface area contributed by atoms with Crippen molar-refractivity contribution in [1.82, 2.24) is 9.88 Å². The first-order valence-electron chi connectivity index (χ1n) is 6.34. The molecule has 1 heterocycles. The van der Waals surface area contributed by atoms with E-state index in [4.69, 9.17) is 12.2 Å². The van der Waals surface area contributed by atoms with Gasteiger partial charge in [-0.25, -0.2) is 0 Å². The van der Waals surface area contributed by atoms with Crippen LogP contribution in [0.2, 0.25) is 0 Å². The average Bonchev–Trinajstić information content (AvgIpc) is 2.38. The molecule has 106 valence electrons. The van der Waals surface area contributed by atoms with Gasteiger partial charge in [-0.2, -0.15) is 0 Å². The molecule has 0 fully saturated rings. The number of rotatable bonds is 7. The van der Waals surface area contributed by atoms with E-state index in [1.54, 1.807) is 13.1 Å². The Morgan fingerprint density at radius 1 is 1.47 bits per heavy atom. The topological polar surface area (TPSA) is 74.2 Å². The van der Waals surface area contributed by atoms with Crippen LogP contribution in [-0.2, 0) is 0 Å². The van der Waals surface area contributed by atoms with Gasteiger partial charge in [0.15, 0.2) is 5.82 Å². The Labute approximate surface area is 118 Å². The Bertz CT molecular complexity index is 497. The summed E-state index contributed by atoms with van der Waals surface area (Å²) >= 11 is 5.09. The number of nitrogens with zero attached hydrogens (tertiary/aromatic N) is 2. The number of aromatic nitrogens is 1. The Hall–Kier alpha value is -1.47. The number of H-pyrrole nitrogens is 1. The van der Waals surface area contributed by atoms with Crippen molar-refractivity contribution in [2.24, 2.45) is 0 Å². The summed E-state index contributed by atoms with van der Waals surface area (Å²) in [6.45, 7) is 9.33. The van der Waals surface area contributed by atoms with Crippen molar-refractivity contribution in [3.05, 3.63) is 26.4 Å². The fourth-order valence-electron chi connectivity index (χ4n) is 1.80. The molecular formula is C12H20N4O2S. The molecule has 0 saturated carbocycles. The summed E-state index contributed by atoms with van der Waals surface area (Å²) in [5.41, 5.74) is 0.658. The van der Waals surface area contributed by atoms with Crippen molar-refractivity contribution >= 4 is 23.7 Å². The molecule has 0 radical (unpaired) electrons. The van der Waals surface area contributed by atoms with E-state index in [0.717, 1.165) is 19.6 Å².